The fourth-order valence-corrected chi connectivity index (χ4v) is 3.59. The molecule has 1 N–H and O–H groups in total. The Labute approximate surface area is 183 Å². The van der Waals surface area contributed by atoms with Crippen LogP contribution in [0.4, 0.5) is 0 Å². The zero-order valence-electron chi connectivity index (χ0n) is 17.1. The Bertz CT molecular complexity index is 1160. The van der Waals surface area contributed by atoms with Crippen LogP contribution >= 0.6 is 15.9 Å². The van der Waals surface area contributed by atoms with Crippen molar-refractivity contribution in [3.05, 3.63) is 88.2 Å². The highest BCUT2D eigenvalue weighted by molar-refractivity contribution is 9.10. The van der Waals surface area contributed by atoms with E-state index in [2.05, 4.69) is 31.4 Å². The van der Waals surface area contributed by atoms with Crippen molar-refractivity contribution >= 4 is 21.8 Å². The highest BCUT2D eigenvalue weighted by Crippen LogP contribution is 2.20. The van der Waals surface area contributed by atoms with E-state index in [1.165, 1.54) is 0 Å². The van der Waals surface area contributed by atoms with Gasteiger partial charge in [-0.05, 0) is 72.6 Å². The summed E-state index contributed by atoms with van der Waals surface area (Å²) in [6.45, 7) is 6.35. The van der Waals surface area contributed by atoms with Gasteiger partial charge in [-0.3, -0.25) is 9.48 Å². The van der Waals surface area contributed by atoms with Crippen LogP contribution in [0.2, 0.25) is 0 Å². The molecular weight excluding hydrogens is 444 g/mol. The molecule has 1 amide bonds. The smallest absolute Gasteiger partial charge is 0.272 e. The molecule has 4 aromatic rings. The molecule has 0 spiro atoms. The average Bonchev–Trinajstić information content (AvgIpc) is 3.48. The van der Waals surface area contributed by atoms with E-state index >= 15 is 0 Å². The van der Waals surface area contributed by atoms with Crippen LogP contribution in [0.1, 0.15) is 40.4 Å². The van der Waals surface area contributed by atoms with Crippen molar-refractivity contribution in [2.45, 2.75) is 33.5 Å². The molecule has 0 bridgehead atoms. The second-order valence-electron chi connectivity index (χ2n) is 7.24. The van der Waals surface area contributed by atoms with Crippen molar-refractivity contribution < 1.29 is 4.79 Å². The number of aryl methyl sites for hydroxylation is 1. The summed E-state index contributed by atoms with van der Waals surface area (Å²) in [5.41, 5.74) is 4.44. The number of hydrogen-bond acceptors (Lipinski definition) is 3. The van der Waals surface area contributed by atoms with E-state index in [9.17, 15) is 4.79 Å². The average molecular weight is 467 g/mol. The Morgan fingerprint density at radius 2 is 1.77 bits per heavy atom. The first-order valence-electron chi connectivity index (χ1n) is 9.69. The lowest BCUT2D eigenvalue weighted by Gasteiger charge is -2.14. The summed E-state index contributed by atoms with van der Waals surface area (Å²) in [6.07, 6.45) is 5.79. The summed E-state index contributed by atoms with van der Waals surface area (Å²) in [6, 6.07) is 13.7. The van der Waals surface area contributed by atoms with Gasteiger partial charge in [-0.25, -0.2) is 4.68 Å². The standard InChI is InChI=1S/C22H23BrN6O/c1-15(18-6-8-19(9-7-18)27-11-4-5-12-27)24-22(30)20-10-13-28(26-20)14-29-17(3)21(23)16(2)25-29/h4-13,15H,14H2,1-3H3,(H,24,30). The third-order valence-electron chi connectivity index (χ3n) is 5.09. The predicted molar refractivity (Wildman–Crippen MR) is 119 cm³/mol. The van der Waals surface area contributed by atoms with Crippen LogP contribution in [0.5, 0.6) is 0 Å². The molecular formula is C22H23BrN6O. The van der Waals surface area contributed by atoms with Gasteiger partial charge in [0.15, 0.2) is 0 Å². The molecule has 1 atom stereocenters. The van der Waals surface area contributed by atoms with E-state index in [1.807, 2.05) is 78.8 Å². The molecule has 0 saturated carbocycles. The molecule has 0 radical (unpaired) electrons. The largest absolute Gasteiger partial charge is 0.344 e. The maximum absolute atomic E-state index is 12.7. The molecule has 3 heterocycles. The molecule has 0 aliphatic carbocycles. The van der Waals surface area contributed by atoms with Crippen LogP contribution in [0.15, 0.2) is 65.5 Å². The SMILES string of the molecule is Cc1nn(Cn2ccc(C(=O)NC(C)c3ccc(-n4cccc4)cc3)n2)c(C)c1Br. The molecule has 4 rings (SSSR count). The minimum atomic E-state index is -0.203. The number of hydrogen-bond donors (Lipinski definition) is 1. The lowest BCUT2D eigenvalue weighted by Crippen LogP contribution is -2.27. The highest BCUT2D eigenvalue weighted by atomic mass is 79.9. The lowest BCUT2D eigenvalue weighted by molar-refractivity contribution is 0.0934. The summed E-state index contributed by atoms with van der Waals surface area (Å²) < 4.78 is 6.59. The Kier molecular flexibility index (Phi) is 5.59. The number of benzene rings is 1. The maximum atomic E-state index is 12.7. The molecule has 1 aromatic carbocycles. The van der Waals surface area contributed by atoms with Gasteiger partial charge in [-0.1, -0.05) is 12.1 Å². The Morgan fingerprint density at radius 1 is 1.07 bits per heavy atom. The van der Waals surface area contributed by atoms with Crippen LogP contribution < -0.4 is 5.32 Å². The van der Waals surface area contributed by atoms with Gasteiger partial charge in [0.1, 0.15) is 12.4 Å². The normalized spacial score (nSPS) is 12.1. The van der Waals surface area contributed by atoms with Crippen molar-refractivity contribution in [2.24, 2.45) is 0 Å². The first kappa shape index (κ1) is 20.2. The second kappa shape index (κ2) is 8.31. The third-order valence-corrected chi connectivity index (χ3v) is 6.24. The van der Waals surface area contributed by atoms with Crippen molar-refractivity contribution in [3.63, 3.8) is 0 Å². The van der Waals surface area contributed by atoms with E-state index < -0.39 is 0 Å². The topological polar surface area (TPSA) is 69.7 Å². The van der Waals surface area contributed by atoms with Crippen molar-refractivity contribution in [1.29, 1.82) is 0 Å². The monoisotopic (exact) mass is 466 g/mol. The van der Waals surface area contributed by atoms with Crippen molar-refractivity contribution in [1.82, 2.24) is 29.4 Å². The first-order chi connectivity index (χ1) is 14.4. The Balaban J connectivity index is 1.40. The summed E-state index contributed by atoms with van der Waals surface area (Å²) in [5, 5.41) is 11.9. The Hall–Kier alpha value is -3.13. The summed E-state index contributed by atoms with van der Waals surface area (Å²) in [5.74, 6) is -0.203. The van der Waals surface area contributed by atoms with E-state index in [1.54, 1.807) is 16.9 Å². The number of aromatic nitrogens is 5. The first-order valence-corrected chi connectivity index (χ1v) is 10.5. The van der Waals surface area contributed by atoms with Crippen LogP contribution in [0.25, 0.3) is 5.69 Å². The van der Waals surface area contributed by atoms with E-state index in [-0.39, 0.29) is 11.9 Å². The van der Waals surface area contributed by atoms with Gasteiger partial charge in [0.25, 0.3) is 5.91 Å². The number of nitrogens with zero attached hydrogens (tertiary/aromatic N) is 5. The van der Waals surface area contributed by atoms with Gasteiger partial charge in [-0.15, -0.1) is 0 Å². The molecule has 8 heteroatoms. The summed E-state index contributed by atoms with van der Waals surface area (Å²) in [7, 11) is 0. The molecule has 0 fully saturated rings. The number of halogens is 1. The van der Waals surface area contributed by atoms with Crippen molar-refractivity contribution in [2.75, 3.05) is 0 Å². The quantitative estimate of drug-likeness (QED) is 0.461. The fraction of sp³-hybridized carbons (Fsp3) is 0.227. The molecule has 3 aromatic heterocycles. The van der Waals surface area contributed by atoms with Gasteiger partial charge >= 0.3 is 0 Å². The van der Waals surface area contributed by atoms with E-state index in [0.29, 0.717) is 12.4 Å². The molecule has 154 valence electrons. The second-order valence-corrected chi connectivity index (χ2v) is 8.04. The highest BCUT2D eigenvalue weighted by Gasteiger charge is 2.15. The number of carbonyl (C=O) groups excluding carboxylic acids is 1. The van der Waals surface area contributed by atoms with Gasteiger partial charge in [-0.2, -0.15) is 10.2 Å². The van der Waals surface area contributed by atoms with Gasteiger partial charge in [0.05, 0.1) is 21.9 Å². The molecule has 0 saturated heterocycles. The minimum Gasteiger partial charge on any atom is -0.344 e. The summed E-state index contributed by atoms with van der Waals surface area (Å²) >= 11 is 3.53. The molecule has 7 nitrogen and oxygen atoms in total. The fourth-order valence-electron chi connectivity index (χ4n) is 3.31. The minimum absolute atomic E-state index is 0.131. The zero-order valence-corrected chi connectivity index (χ0v) is 18.7. The van der Waals surface area contributed by atoms with Crippen LogP contribution in [0, 0.1) is 13.8 Å². The van der Waals surface area contributed by atoms with Crippen molar-refractivity contribution in [3.8, 4) is 5.69 Å². The molecule has 1 unspecified atom stereocenters. The third kappa shape index (κ3) is 4.09. The number of amides is 1. The van der Waals surface area contributed by atoms with E-state index in [4.69, 9.17) is 0 Å². The summed E-state index contributed by atoms with van der Waals surface area (Å²) in [4.78, 5) is 12.7. The van der Waals surface area contributed by atoms with Gasteiger partial charge < -0.3 is 9.88 Å². The number of nitrogens with one attached hydrogen (secondary N) is 1. The lowest BCUT2D eigenvalue weighted by atomic mass is 10.1. The Morgan fingerprint density at radius 3 is 2.40 bits per heavy atom. The van der Waals surface area contributed by atoms with Crippen LogP contribution in [-0.4, -0.2) is 30.0 Å². The van der Waals surface area contributed by atoms with Gasteiger partial charge in [0, 0.05) is 24.3 Å². The molecule has 30 heavy (non-hydrogen) atoms. The molecule has 0 aliphatic heterocycles. The van der Waals surface area contributed by atoms with Crippen LogP contribution in [-0.2, 0) is 6.67 Å². The zero-order chi connectivity index (χ0) is 21.3. The van der Waals surface area contributed by atoms with Crippen LogP contribution in [0.3, 0.4) is 0 Å². The molecule has 0 aliphatic rings. The number of rotatable bonds is 6. The number of carbonyl (C=O) groups is 1. The van der Waals surface area contributed by atoms with E-state index in [0.717, 1.165) is 27.1 Å². The predicted octanol–water partition coefficient (Wildman–Crippen LogP) is 4.25. The van der Waals surface area contributed by atoms with Gasteiger partial charge in [0.2, 0.25) is 0 Å². The maximum Gasteiger partial charge on any atom is 0.272 e.